The van der Waals surface area contributed by atoms with E-state index in [0.717, 1.165) is 16.7 Å². The van der Waals surface area contributed by atoms with E-state index in [-0.39, 0.29) is 5.56 Å². The fraction of sp³-hybridized carbons (Fsp3) is 0.235. The van der Waals surface area contributed by atoms with Crippen LogP contribution in [0.25, 0.3) is 0 Å². The Balaban J connectivity index is 2.21. The van der Waals surface area contributed by atoms with Gasteiger partial charge in [0, 0.05) is 0 Å². The van der Waals surface area contributed by atoms with Crippen molar-refractivity contribution < 1.29 is 19.4 Å². The second-order valence-corrected chi connectivity index (χ2v) is 4.95. The minimum atomic E-state index is -1.04. The summed E-state index contributed by atoms with van der Waals surface area (Å²) in [6, 6.07) is 10.9. The number of carbonyl (C=O) groups is 1. The van der Waals surface area contributed by atoms with Crippen molar-refractivity contribution in [2.75, 3.05) is 7.11 Å². The van der Waals surface area contributed by atoms with Gasteiger partial charge in [-0.25, -0.2) is 4.79 Å². The SMILES string of the molecule is COc1ccc(OCc2cc(C)cc(C)c2)c(C(=O)O)c1. The number of benzene rings is 2. The Morgan fingerprint density at radius 2 is 1.76 bits per heavy atom. The highest BCUT2D eigenvalue weighted by atomic mass is 16.5. The minimum Gasteiger partial charge on any atom is -0.497 e. The summed E-state index contributed by atoms with van der Waals surface area (Å²) >= 11 is 0. The fourth-order valence-corrected chi connectivity index (χ4v) is 2.24. The Bertz CT molecular complexity index is 642. The van der Waals surface area contributed by atoms with Crippen LogP contribution in [0.5, 0.6) is 11.5 Å². The van der Waals surface area contributed by atoms with Gasteiger partial charge in [0.25, 0.3) is 0 Å². The maximum Gasteiger partial charge on any atom is 0.339 e. The molecule has 0 aromatic heterocycles. The Morgan fingerprint density at radius 1 is 1.10 bits per heavy atom. The second kappa shape index (κ2) is 6.31. The molecule has 0 aliphatic carbocycles. The van der Waals surface area contributed by atoms with E-state index in [1.807, 2.05) is 26.0 Å². The third-order valence-corrected chi connectivity index (χ3v) is 3.09. The maximum absolute atomic E-state index is 11.3. The van der Waals surface area contributed by atoms with Gasteiger partial charge < -0.3 is 14.6 Å². The van der Waals surface area contributed by atoms with E-state index in [9.17, 15) is 9.90 Å². The molecule has 0 aliphatic rings. The monoisotopic (exact) mass is 286 g/mol. The van der Waals surface area contributed by atoms with Crippen LogP contribution >= 0.6 is 0 Å². The van der Waals surface area contributed by atoms with Gasteiger partial charge in [-0.2, -0.15) is 0 Å². The molecule has 0 bridgehead atoms. The van der Waals surface area contributed by atoms with Crippen LogP contribution in [0.15, 0.2) is 36.4 Å². The molecule has 0 aliphatic heterocycles. The zero-order valence-corrected chi connectivity index (χ0v) is 12.3. The van der Waals surface area contributed by atoms with E-state index >= 15 is 0 Å². The van der Waals surface area contributed by atoms with E-state index in [0.29, 0.717) is 18.1 Å². The number of carboxylic acids is 1. The summed E-state index contributed by atoms with van der Waals surface area (Å²) in [5.41, 5.74) is 3.42. The van der Waals surface area contributed by atoms with Crippen LogP contribution in [0.1, 0.15) is 27.0 Å². The van der Waals surface area contributed by atoms with Gasteiger partial charge in [-0.15, -0.1) is 0 Å². The van der Waals surface area contributed by atoms with Crippen molar-refractivity contribution in [3.05, 3.63) is 58.7 Å². The molecule has 0 radical (unpaired) electrons. The third-order valence-electron chi connectivity index (χ3n) is 3.09. The molecule has 4 nitrogen and oxygen atoms in total. The van der Waals surface area contributed by atoms with E-state index in [2.05, 4.69) is 6.07 Å². The van der Waals surface area contributed by atoms with Crippen LogP contribution in [0.2, 0.25) is 0 Å². The Hall–Kier alpha value is -2.49. The standard InChI is InChI=1S/C17H18O4/c1-11-6-12(2)8-13(7-11)10-21-16-5-4-14(20-3)9-15(16)17(18)19/h4-9H,10H2,1-3H3,(H,18,19). The van der Waals surface area contributed by atoms with Gasteiger partial charge in [-0.05, 0) is 37.6 Å². The van der Waals surface area contributed by atoms with Crippen molar-refractivity contribution in [2.24, 2.45) is 0 Å². The van der Waals surface area contributed by atoms with Crippen molar-refractivity contribution in [3.63, 3.8) is 0 Å². The van der Waals surface area contributed by atoms with Gasteiger partial charge in [-0.3, -0.25) is 0 Å². The van der Waals surface area contributed by atoms with Gasteiger partial charge in [0.05, 0.1) is 7.11 Å². The minimum absolute atomic E-state index is 0.0960. The highest BCUT2D eigenvalue weighted by molar-refractivity contribution is 5.91. The third kappa shape index (κ3) is 3.75. The molecule has 21 heavy (non-hydrogen) atoms. The first-order chi connectivity index (χ1) is 9.99. The lowest BCUT2D eigenvalue weighted by Gasteiger charge is -2.11. The summed E-state index contributed by atoms with van der Waals surface area (Å²) in [7, 11) is 1.50. The van der Waals surface area contributed by atoms with E-state index < -0.39 is 5.97 Å². The topological polar surface area (TPSA) is 55.8 Å². The molecule has 4 heteroatoms. The molecule has 1 N–H and O–H groups in total. The molecule has 0 amide bonds. The first-order valence-electron chi connectivity index (χ1n) is 6.61. The van der Waals surface area contributed by atoms with Gasteiger partial charge in [-0.1, -0.05) is 29.3 Å². The predicted octanol–water partition coefficient (Wildman–Crippen LogP) is 3.59. The fourth-order valence-electron chi connectivity index (χ4n) is 2.24. The normalized spacial score (nSPS) is 10.2. The van der Waals surface area contributed by atoms with Crippen molar-refractivity contribution >= 4 is 5.97 Å². The average Bonchev–Trinajstić information content (AvgIpc) is 2.43. The molecule has 0 spiro atoms. The molecule has 0 saturated carbocycles. The number of ether oxygens (including phenoxy) is 2. The molecular weight excluding hydrogens is 268 g/mol. The van der Waals surface area contributed by atoms with E-state index in [4.69, 9.17) is 9.47 Å². The molecule has 0 atom stereocenters. The zero-order valence-electron chi connectivity index (χ0n) is 12.3. The summed E-state index contributed by atoms with van der Waals surface area (Å²) in [6.07, 6.45) is 0. The molecule has 110 valence electrons. The molecular formula is C17H18O4. The lowest BCUT2D eigenvalue weighted by molar-refractivity contribution is 0.0691. The number of methoxy groups -OCH3 is 1. The van der Waals surface area contributed by atoms with Crippen molar-refractivity contribution in [2.45, 2.75) is 20.5 Å². The first-order valence-corrected chi connectivity index (χ1v) is 6.61. The summed E-state index contributed by atoms with van der Waals surface area (Å²) in [5.74, 6) is -0.210. The summed E-state index contributed by atoms with van der Waals surface area (Å²) < 4.78 is 10.7. The van der Waals surface area contributed by atoms with Crippen LogP contribution in [0.3, 0.4) is 0 Å². The maximum atomic E-state index is 11.3. The van der Waals surface area contributed by atoms with Crippen LogP contribution < -0.4 is 9.47 Å². The Morgan fingerprint density at radius 3 is 2.33 bits per heavy atom. The molecule has 0 saturated heterocycles. The Labute approximate surface area is 123 Å². The highest BCUT2D eigenvalue weighted by Crippen LogP contribution is 2.25. The lowest BCUT2D eigenvalue weighted by atomic mass is 10.1. The van der Waals surface area contributed by atoms with Crippen LogP contribution in [-0.2, 0) is 6.61 Å². The largest absolute Gasteiger partial charge is 0.497 e. The number of hydrogen-bond acceptors (Lipinski definition) is 3. The molecule has 2 rings (SSSR count). The molecule has 0 fully saturated rings. The summed E-state index contributed by atoms with van der Waals surface area (Å²) in [5, 5.41) is 9.24. The lowest BCUT2D eigenvalue weighted by Crippen LogP contribution is -2.04. The summed E-state index contributed by atoms with van der Waals surface area (Å²) in [4.78, 5) is 11.3. The molecule has 0 unspecified atom stereocenters. The Kier molecular flexibility index (Phi) is 4.48. The van der Waals surface area contributed by atoms with E-state index in [1.54, 1.807) is 12.1 Å². The first kappa shape index (κ1) is 14.9. The van der Waals surface area contributed by atoms with Crippen molar-refractivity contribution in [1.82, 2.24) is 0 Å². The smallest absolute Gasteiger partial charge is 0.339 e. The van der Waals surface area contributed by atoms with Gasteiger partial charge in [0.2, 0.25) is 0 Å². The van der Waals surface area contributed by atoms with Crippen LogP contribution in [-0.4, -0.2) is 18.2 Å². The van der Waals surface area contributed by atoms with E-state index in [1.165, 1.54) is 13.2 Å². The molecule has 2 aromatic carbocycles. The van der Waals surface area contributed by atoms with Crippen molar-refractivity contribution in [3.8, 4) is 11.5 Å². The average molecular weight is 286 g/mol. The zero-order chi connectivity index (χ0) is 15.4. The predicted molar refractivity (Wildman–Crippen MR) is 80.2 cm³/mol. The number of rotatable bonds is 5. The van der Waals surface area contributed by atoms with Gasteiger partial charge in [0.15, 0.2) is 0 Å². The number of carboxylic acid groups (broad SMARTS) is 1. The molecule has 0 heterocycles. The van der Waals surface area contributed by atoms with Gasteiger partial charge >= 0.3 is 5.97 Å². The second-order valence-electron chi connectivity index (χ2n) is 4.95. The highest BCUT2D eigenvalue weighted by Gasteiger charge is 2.13. The quantitative estimate of drug-likeness (QED) is 0.912. The molecule has 2 aromatic rings. The summed E-state index contributed by atoms with van der Waals surface area (Å²) in [6.45, 7) is 4.37. The van der Waals surface area contributed by atoms with Crippen LogP contribution in [0.4, 0.5) is 0 Å². The number of aromatic carboxylic acids is 1. The number of hydrogen-bond donors (Lipinski definition) is 1. The van der Waals surface area contributed by atoms with Crippen molar-refractivity contribution in [1.29, 1.82) is 0 Å². The number of aryl methyl sites for hydroxylation is 2. The van der Waals surface area contributed by atoms with Crippen LogP contribution in [0, 0.1) is 13.8 Å². The van der Waals surface area contributed by atoms with Gasteiger partial charge in [0.1, 0.15) is 23.7 Å².